The summed E-state index contributed by atoms with van der Waals surface area (Å²) >= 11 is 0. The van der Waals surface area contributed by atoms with Gasteiger partial charge in [0.15, 0.2) is 5.69 Å². The third-order valence-electron chi connectivity index (χ3n) is 3.63. The van der Waals surface area contributed by atoms with Crippen LogP contribution in [0.25, 0.3) is 21.8 Å². The number of nitrogens with zero attached hydrogens (tertiary/aromatic N) is 1. The van der Waals surface area contributed by atoms with Gasteiger partial charge in [-0.3, -0.25) is 0 Å². The maximum absolute atomic E-state index is 11.4. The van der Waals surface area contributed by atoms with Gasteiger partial charge in [-0.15, -0.1) is 0 Å². The number of H-pyrrole nitrogens is 1. The molecule has 0 saturated carbocycles. The number of carboxylic acids is 1. The first-order valence-electron chi connectivity index (χ1n) is 6.84. The fraction of sp³-hybridized carbons (Fsp3) is 0.250. The lowest BCUT2D eigenvalue weighted by Gasteiger charge is -2.07. The molecule has 0 bridgehead atoms. The van der Waals surface area contributed by atoms with Gasteiger partial charge in [-0.05, 0) is 24.5 Å². The van der Waals surface area contributed by atoms with Gasteiger partial charge < -0.3 is 10.1 Å². The van der Waals surface area contributed by atoms with Gasteiger partial charge >= 0.3 is 5.97 Å². The molecule has 0 fully saturated rings. The number of aromatic amines is 1. The Morgan fingerprint density at radius 1 is 1.30 bits per heavy atom. The molecule has 0 atom stereocenters. The molecule has 1 aromatic carbocycles. The molecule has 4 nitrogen and oxygen atoms in total. The molecule has 0 aliphatic carbocycles. The number of para-hydroxylation sites is 1. The van der Waals surface area contributed by atoms with E-state index in [2.05, 4.69) is 16.9 Å². The molecule has 4 heteroatoms. The van der Waals surface area contributed by atoms with Gasteiger partial charge in [0.2, 0.25) is 0 Å². The quantitative estimate of drug-likeness (QED) is 0.757. The van der Waals surface area contributed by atoms with Crippen LogP contribution in [0.15, 0.2) is 30.5 Å². The van der Waals surface area contributed by atoms with Crippen molar-refractivity contribution >= 4 is 27.8 Å². The lowest BCUT2D eigenvalue weighted by Crippen LogP contribution is -2.06. The van der Waals surface area contributed by atoms with E-state index in [-0.39, 0.29) is 5.69 Å². The number of carbonyl (C=O) groups is 1. The minimum absolute atomic E-state index is 0.177. The number of benzene rings is 1. The van der Waals surface area contributed by atoms with Crippen molar-refractivity contribution in [3.63, 3.8) is 0 Å². The number of pyridine rings is 1. The Hall–Kier alpha value is -2.36. The van der Waals surface area contributed by atoms with Gasteiger partial charge in [0.05, 0.1) is 11.7 Å². The predicted octanol–water partition coefficient (Wildman–Crippen LogP) is 3.76. The van der Waals surface area contributed by atoms with E-state index in [0.29, 0.717) is 0 Å². The largest absolute Gasteiger partial charge is 0.477 e. The summed E-state index contributed by atoms with van der Waals surface area (Å²) < 4.78 is 0. The number of aromatic carboxylic acids is 1. The maximum Gasteiger partial charge on any atom is 0.354 e. The van der Waals surface area contributed by atoms with Crippen LogP contribution in [-0.2, 0) is 6.42 Å². The maximum atomic E-state index is 11.4. The van der Waals surface area contributed by atoms with Crippen molar-refractivity contribution < 1.29 is 9.90 Å². The Kier molecular flexibility index (Phi) is 3.14. The average molecular weight is 268 g/mol. The standard InChI is InChI=1S/C16H16N2O2/c1-2-3-6-11-14-10-7-4-5-8-12(10)18-13(14)9-17-15(11)16(19)20/h4-5,7-9,18H,2-3,6H2,1H3,(H,19,20). The summed E-state index contributed by atoms with van der Waals surface area (Å²) in [5, 5.41) is 11.4. The third-order valence-corrected chi connectivity index (χ3v) is 3.63. The molecule has 0 saturated heterocycles. The van der Waals surface area contributed by atoms with Gasteiger partial charge in [0.25, 0.3) is 0 Å². The Morgan fingerprint density at radius 3 is 2.85 bits per heavy atom. The summed E-state index contributed by atoms with van der Waals surface area (Å²) in [5.41, 5.74) is 2.94. The monoisotopic (exact) mass is 268 g/mol. The molecule has 3 aromatic rings. The van der Waals surface area contributed by atoms with Crippen molar-refractivity contribution in [1.29, 1.82) is 0 Å². The average Bonchev–Trinajstić information content (AvgIpc) is 2.83. The lowest BCUT2D eigenvalue weighted by atomic mass is 10.0. The molecule has 0 radical (unpaired) electrons. The molecule has 3 rings (SSSR count). The van der Waals surface area contributed by atoms with Crippen LogP contribution in [0, 0.1) is 0 Å². The van der Waals surface area contributed by atoms with Gasteiger partial charge in [-0.1, -0.05) is 31.5 Å². The zero-order valence-corrected chi connectivity index (χ0v) is 11.3. The number of hydrogen-bond donors (Lipinski definition) is 2. The number of aryl methyl sites for hydroxylation is 1. The van der Waals surface area contributed by atoms with Crippen LogP contribution >= 0.6 is 0 Å². The smallest absolute Gasteiger partial charge is 0.354 e. The summed E-state index contributed by atoms with van der Waals surface area (Å²) in [6.07, 6.45) is 4.34. The second-order valence-corrected chi connectivity index (χ2v) is 4.95. The highest BCUT2D eigenvalue weighted by Gasteiger charge is 2.17. The van der Waals surface area contributed by atoms with Gasteiger partial charge in [0, 0.05) is 16.3 Å². The number of aromatic nitrogens is 2. The second-order valence-electron chi connectivity index (χ2n) is 4.95. The highest BCUT2D eigenvalue weighted by molar-refractivity contribution is 6.10. The Bertz CT molecular complexity index is 790. The van der Waals surface area contributed by atoms with E-state index in [1.807, 2.05) is 24.3 Å². The summed E-state index contributed by atoms with van der Waals surface area (Å²) in [5.74, 6) is -0.955. The molecule has 0 spiro atoms. The third kappa shape index (κ3) is 1.93. The summed E-state index contributed by atoms with van der Waals surface area (Å²) in [6, 6.07) is 7.96. The van der Waals surface area contributed by atoms with E-state index in [1.54, 1.807) is 6.20 Å². The van der Waals surface area contributed by atoms with Crippen molar-refractivity contribution in [3.8, 4) is 0 Å². The van der Waals surface area contributed by atoms with E-state index in [9.17, 15) is 9.90 Å². The van der Waals surface area contributed by atoms with Crippen molar-refractivity contribution in [1.82, 2.24) is 9.97 Å². The van der Waals surface area contributed by atoms with Crippen molar-refractivity contribution in [2.45, 2.75) is 26.2 Å². The number of carboxylic acid groups (broad SMARTS) is 1. The summed E-state index contributed by atoms with van der Waals surface area (Å²) in [4.78, 5) is 18.8. The summed E-state index contributed by atoms with van der Waals surface area (Å²) in [7, 11) is 0. The van der Waals surface area contributed by atoms with Crippen LogP contribution in [0.3, 0.4) is 0 Å². The molecule has 20 heavy (non-hydrogen) atoms. The highest BCUT2D eigenvalue weighted by Crippen LogP contribution is 2.30. The number of hydrogen-bond acceptors (Lipinski definition) is 2. The van der Waals surface area contributed by atoms with E-state index in [4.69, 9.17) is 0 Å². The first-order valence-corrected chi connectivity index (χ1v) is 6.84. The Balaban J connectivity index is 2.36. The van der Waals surface area contributed by atoms with Gasteiger partial charge in [-0.2, -0.15) is 0 Å². The Morgan fingerprint density at radius 2 is 2.10 bits per heavy atom. The van der Waals surface area contributed by atoms with Crippen LogP contribution in [0.2, 0.25) is 0 Å². The van der Waals surface area contributed by atoms with Crippen LogP contribution < -0.4 is 0 Å². The molecule has 0 aliphatic rings. The fourth-order valence-corrected chi connectivity index (χ4v) is 2.69. The van der Waals surface area contributed by atoms with Crippen molar-refractivity contribution in [2.75, 3.05) is 0 Å². The number of nitrogens with one attached hydrogen (secondary N) is 1. The van der Waals surface area contributed by atoms with E-state index >= 15 is 0 Å². The lowest BCUT2D eigenvalue weighted by molar-refractivity contribution is 0.0689. The molecule has 2 aromatic heterocycles. The topological polar surface area (TPSA) is 66.0 Å². The molecule has 0 unspecified atom stereocenters. The minimum Gasteiger partial charge on any atom is -0.477 e. The molecule has 102 valence electrons. The van der Waals surface area contributed by atoms with E-state index in [1.165, 1.54) is 0 Å². The molecular weight excluding hydrogens is 252 g/mol. The van der Waals surface area contributed by atoms with Crippen LogP contribution in [0.4, 0.5) is 0 Å². The number of rotatable bonds is 4. The van der Waals surface area contributed by atoms with Gasteiger partial charge in [0.1, 0.15) is 0 Å². The van der Waals surface area contributed by atoms with E-state index < -0.39 is 5.97 Å². The molecular formula is C16H16N2O2. The first-order chi connectivity index (χ1) is 9.72. The molecule has 0 aliphatic heterocycles. The zero-order valence-electron chi connectivity index (χ0n) is 11.3. The second kappa shape index (κ2) is 4.96. The van der Waals surface area contributed by atoms with Crippen LogP contribution in [0.1, 0.15) is 35.8 Å². The minimum atomic E-state index is -0.955. The molecule has 0 amide bonds. The number of fused-ring (bicyclic) bond motifs is 3. The Labute approximate surface area is 116 Å². The predicted molar refractivity (Wildman–Crippen MR) is 79.2 cm³/mol. The molecule has 2 heterocycles. The van der Waals surface area contributed by atoms with E-state index in [0.717, 1.165) is 46.6 Å². The normalized spacial score (nSPS) is 11.2. The first kappa shape index (κ1) is 12.7. The van der Waals surface area contributed by atoms with Crippen LogP contribution in [0.5, 0.6) is 0 Å². The van der Waals surface area contributed by atoms with Crippen molar-refractivity contribution in [2.24, 2.45) is 0 Å². The van der Waals surface area contributed by atoms with Crippen molar-refractivity contribution in [3.05, 3.63) is 41.7 Å². The molecule has 2 N–H and O–H groups in total. The fourth-order valence-electron chi connectivity index (χ4n) is 2.69. The zero-order chi connectivity index (χ0) is 14.1. The van der Waals surface area contributed by atoms with Gasteiger partial charge in [-0.25, -0.2) is 9.78 Å². The summed E-state index contributed by atoms with van der Waals surface area (Å²) in [6.45, 7) is 2.10. The highest BCUT2D eigenvalue weighted by atomic mass is 16.4. The SMILES string of the molecule is CCCCc1c(C(=O)O)ncc2[nH]c3ccccc3c12. The van der Waals surface area contributed by atoms with Crippen LogP contribution in [-0.4, -0.2) is 21.0 Å². The number of unbranched alkanes of at least 4 members (excludes halogenated alkanes) is 1.